The summed E-state index contributed by atoms with van der Waals surface area (Å²) in [4.78, 5) is 15.2. The number of nitrogens with one attached hydrogen (secondary N) is 1. The summed E-state index contributed by atoms with van der Waals surface area (Å²) >= 11 is 1.52. The van der Waals surface area contributed by atoms with Gasteiger partial charge in [-0.15, -0.1) is 0 Å². The van der Waals surface area contributed by atoms with Crippen LogP contribution in [0.2, 0.25) is 0 Å². The van der Waals surface area contributed by atoms with Gasteiger partial charge in [-0.1, -0.05) is 35.6 Å². The number of aromatic nitrogens is 1. The van der Waals surface area contributed by atoms with E-state index in [2.05, 4.69) is 15.5 Å². The van der Waals surface area contributed by atoms with E-state index in [1.54, 1.807) is 36.5 Å². The summed E-state index contributed by atoms with van der Waals surface area (Å²) in [7, 11) is 1.54. The zero-order valence-corrected chi connectivity index (χ0v) is 17.3. The summed E-state index contributed by atoms with van der Waals surface area (Å²) in [5.41, 5.74) is 5.16. The van der Waals surface area contributed by atoms with Crippen LogP contribution in [0.5, 0.6) is 11.5 Å². The highest BCUT2D eigenvalue weighted by molar-refractivity contribution is 7.22. The Hall–Kier alpha value is -3.98. The Bertz CT molecular complexity index is 1220. The number of para-hydroxylation sites is 2. The van der Waals surface area contributed by atoms with E-state index in [0.717, 1.165) is 15.8 Å². The standard InChI is InChI=1S/C22H18N4O4S/c1-29-20-12-15(13-23-25-22-24-17-7-3-5-9-21(17)31-22)10-11-19(20)30-14-16-6-2-4-8-18(16)26(27)28/h2-13H,14H2,1H3,(H,24,25). The zero-order valence-electron chi connectivity index (χ0n) is 16.5. The average molecular weight is 434 g/mol. The highest BCUT2D eigenvalue weighted by Gasteiger charge is 2.14. The lowest BCUT2D eigenvalue weighted by Crippen LogP contribution is -2.02. The van der Waals surface area contributed by atoms with E-state index in [-0.39, 0.29) is 12.3 Å². The molecule has 0 saturated carbocycles. The number of nitrogens with zero attached hydrogens (tertiary/aromatic N) is 3. The number of methoxy groups -OCH3 is 1. The first-order chi connectivity index (χ1) is 15.1. The molecule has 9 heteroatoms. The summed E-state index contributed by atoms with van der Waals surface area (Å²) in [6, 6.07) is 19.7. The lowest BCUT2D eigenvalue weighted by Gasteiger charge is -2.11. The molecule has 4 rings (SSSR count). The molecular weight excluding hydrogens is 416 g/mol. The van der Waals surface area contributed by atoms with Crippen molar-refractivity contribution in [2.45, 2.75) is 6.61 Å². The van der Waals surface area contributed by atoms with E-state index in [9.17, 15) is 10.1 Å². The topological polar surface area (TPSA) is 98.9 Å². The fourth-order valence-corrected chi connectivity index (χ4v) is 3.75. The van der Waals surface area contributed by atoms with Gasteiger partial charge in [-0.3, -0.25) is 15.5 Å². The molecule has 0 aliphatic rings. The quantitative estimate of drug-likeness (QED) is 0.231. The van der Waals surface area contributed by atoms with Crippen LogP contribution in [0.25, 0.3) is 10.2 Å². The van der Waals surface area contributed by atoms with Crippen molar-refractivity contribution in [1.82, 2.24) is 4.98 Å². The van der Waals surface area contributed by atoms with Crippen molar-refractivity contribution in [1.29, 1.82) is 0 Å². The largest absolute Gasteiger partial charge is 0.493 e. The van der Waals surface area contributed by atoms with Crippen LogP contribution in [-0.4, -0.2) is 23.2 Å². The molecule has 4 aromatic rings. The summed E-state index contributed by atoms with van der Waals surface area (Å²) in [6.07, 6.45) is 1.65. The van der Waals surface area contributed by atoms with Crippen molar-refractivity contribution < 1.29 is 14.4 Å². The Balaban J connectivity index is 1.44. The molecule has 0 aliphatic carbocycles. The molecule has 1 heterocycles. The molecule has 0 radical (unpaired) electrons. The number of thiazole rings is 1. The number of rotatable bonds is 8. The van der Waals surface area contributed by atoms with Crippen molar-refractivity contribution in [3.63, 3.8) is 0 Å². The van der Waals surface area contributed by atoms with Gasteiger partial charge in [-0.05, 0) is 42.0 Å². The number of hydrogen-bond donors (Lipinski definition) is 1. The summed E-state index contributed by atoms with van der Waals surface area (Å²) in [5.74, 6) is 0.986. The Morgan fingerprint density at radius 3 is 2.74 bits per heavy atom. The third kappa shape index (κ3) is 4.78. The van der Waals surface area contributed by atoms with Gasteiger partial charge in [-0.2, -0.15) is 5.10 Å². The molecule has 0 bridgehead atoms. The van der Waals surface area contributed by atoms with Crippen LogP contribution in [-0.2, 0) is 6.61 Å². The van der Waals surface area contributed by atoms with Gasteiger partial charge in [0.1, 0.15) is 6.61 Å². The van der Waals surface area contributed by atoms with E-state index >= 15 is 0 Å². The number of anilines is 1. The van der Waals surface area contributed by atoms with Gasteiger partial charge in [0.2, 0.25) is 5.13 Å². The van der Waals surface area contributed by atoms with Crippen molar-refractivity contribution in [3.8, 4) is 11.5 Å². The predicted molar refractivity (Wildman–Crippen MR) is 121 cm³/mol. The van der Waals surface area contributed by atoms with Gasteiger partial charge in [0.15, 0.2) is 11.5 Å². The summed E-state index contributed by atoms with van der Waals surface area (Å²) < 4.78 is 12.3. The van der Waals surface area contributed by atoms with Crippen molar-refractivity contribution >= 4 is 38.6 Å². The second-order valence-corrected chi connectivity index (χ2v) is 7.47. The van der Waals surface area contributed by atoms with Crippen molar-refractivity contribution in [2.75, 3.05) is 12.5 Å². The third-order valence-corrected chi connectivity index (χ3v) is 5.37. The van der Waals surface area contributed by atoms with Gasteiger partial charge in [-0.25, -0.2) is 4.98 Å². The number of nitro groups is 1. The molecule has 0 saturated heterocycles. The average Bonchev–Trinajstić information content (AvgIpc) is 3.21. The molecule has 1 N–H and O–H groups in total. The SMILES string of the molecule is COc1cc(C=NNc2nc3ccccc3s2)ccc1OCc1ccccc1[N+](=O)[O-]. The Morgan fingerprint density at radius 2 is 1.94 bits per heavy atom. The molecule has 8 nitrogen and oxygen atoms in total. The van der Waals surface area contributed by atoms with Gasteiger partial charge in [0.25, 0.3) is 5.69 Å². The highest BCUT2D eigenvalue weighted by Crippen LogP contribution is 2.30. The van der Waals surface area contributed by atoms with E-state index in [1.165, 1.54) is 24.5 Å². The highest BCUT2D eigenvalue weighted by atomic mass is 32.1. The molecule has 156 valence electrons. The Labute approximate surface area is 181 Å². The number of fused-ring (bicyclic) bond motifs is 1. The van der Waals surface area contributed by atoms with Crippen molar-refractivity contribution in [3.05, 3.63) is 88.0 Å². The molecule has 31 heavy (non-hydrogen) atoms. The smallest absolute Gasteiger partial charge is 0.276 e. The number of hydrazone groups is 1. The number of hydrogen-bond acceptors (Lipinski definition) is 8. The van der Waals surface area contributed by atoms with Crippen molar-refractivity contribution in [2.24, 2.45) is 5.10 Å². The first kappa shape index (κ1) is 20.3. The molecule has 0 atom stereocenters. The van der Waals surface area contributed by atoms with Gasteiger partial charge >= 0.3 is 0 Å². The Kier molecular flexibility index (Phi) is 6.04. The molecule has 0 fully saturated rings. The third-order valence-electron chi connectivity index (χ3n) is 4.43. The zero-order chi connectivity index (χ0) is 21.6. The van der Waals surface area contributed by atoms with Gasteiger partial charge < -0.3 is 9.47 Å². The molecular formula is C22H18N4O4S. The molecule has 0 unspecified atom stereocenters. The maximum absolute atomic E-state index is 11.2. The van der Waals surface area contributed by atoms with E-state index in [1.807, 2.05) is 30.3 Å². The monoisotopic (exact) mass is 434 g/mol. The second-order valence-electron chi connectivity index (χ2n) is 6.44. The minimum Gasteiger partial charge on any atom is -0.493 e. The first-order valence-electron chi connectivity index (χ1n) is 9.32. The maximum Gasteiger partial charge on any atom is 0.276 e. The number of benzene rings is 3. The molecule has 0 amide bonds. The predicted octanol–water partition coefficient (Wildman–Crippen LogP) is 5.24. The summed E-state index contributed by atoms with van der Waals surface area (Å²) in [6.45, 7) is 0.0557. The molecule has 0 aliphatic heterocycles. The first-order valence-corrected chi connectivity index (χ1v) is 10.1. The summed E-state index contributed by atoms with van der Waals surface area (Å²) in [5, 5.41) is 16.1. The van der Waals surface area contributed by atoms with Crippen LogP contribution >= 0.6 is 11.3 Å². The fraction of sp³-hybridized carbons (Fsp3) is 0.0909. The number of nitro benzene ring substituents is 1. The molecule has 0 spiro atoms. The van der Waals surface area contributed by atoms with Crippen LogP contribution in [0, 0.1) is 10.1 Å². The van der Waals surface area contributed by atoms with Gasteiger partial charge in [0, 0.05) is 6.07 Å². The van der Waals surface area contributed by atoms with E-state index < -0.39 is 4.92 Å². The maximum atomic E-state index is 11.2. The van der Waals surface area contributed by atoms with Crippen LogP contribution in [0.3, 0.4) is 0 Å². The van der Waals surface area contributed by atoms with Crippen LogP contribution in [0.15, 0.2) is 71.8 Å². The van der Waals surface area contributed by atoms with E-state index in [4.69, 9.17) is 9.47 Å². The number of ether oxygens (including phenoxy) is 2. The van der Waals surface area contributed by atoms with Gasteiger partial charge in [0.05, 0.1) is 34.0 Å². The molecule has 1 aromatic heterocycles. The Morgan fingerprint density at radius 1 is 1.13 bits per heavy atom. The van der Waals surface area contributed by atoms with E-state index in [0.29, 0.717) is 22.2 Å². The van der Waals surface area contributed by atoms with Crippen LogP contribution in [0.1, 0.15) is 11.1 Å². The lowest BCUT2D eigenvalue weighted by atomic mass is 10.2. The second kappa shape index (κ2) is 9.23. The van der Waals surface area contributed by atoms with Crippen LogP contribution in [0.4, 0.5) is 10.8 Å². The molecule has 3 aromatic carbocycles. The lowest BCUT2D eigenvalue weighted by molar-refractivity contribution is -0.385. The normalized spacial score (nSPS) is 11.0. The van der Waals surface area contributed by atoms with Crippen LogP contribution < -0.4 is 14.9 Å². The fourth-order valence-electron chi connectivity index (χ4n) is 2.93. The minimum atomic E-state index is -0.423. The minimum absolute atomic E-state index is 0.0196.